The summed E-state index contributed by atoms with van der Waals surface area (Å²) in [6.07, 6.45) is 4.54. The van der Waals surface area contributed by atoms with Crippen LogP contribution in [0.25, 0.3) is 11.4 Å². The van der Waals surface area contributed by atoms with E-state index >= 15 is 0 Å². The summed E-state index contributed by atoms with van der Waals surface area (Å²) < 4.78 is 1.93. The van der Waals surface area contributed by atoms with Crippen molar-refractivity contribution in [2.24, 2.45) is 0 Å². The molecule has 4 nitrogen and oxygen atoms in total. The van der Waals surface area contributed by atoms with E-state index in [0.29, 0.717) is 0 Å². The smallest absolute Gasteiger partial charge is 0.131 e. The maximum atomic E-state index is 4.35. The molecule has 0 fully saturated rings. The van der Waals surface area contributed by atoms with Crippen LogP contribution in [-0.2, 0) is 6.29 Å². The van der Waals surface area contributed by atoms with Crippen LogP contribution < -0.4 is 10.6 Å². The summed E-state index contributed by atoms with van der Waals surface area (Å²) in [6.45, 7) is 0. The molecular formula is C20H17N4P. The van der Waals surface area contributed by atoms with Gasteiger partial charge in [0.05, 0.1) is 18.2 Å². The Morgan fingerprint density at radius 3 is 1.96 bits per heavy atom. The monoisotopic (exact) mass is 344 g/mol. The van der Waals surface area contributed by atoms with Crippen molar-refractivity contribution in [1.29, 1.82) is 0 Å². The summed E-state index contributed by atoms with van der Waals surface area (Å²) in [5.41, 5.74) is 1.65. The summed E-state index contributed by atoms with van der Waals surface area (Å²) in [6, 6.07) is 27.0. The van der Waals surface area contributed by atoms with Crippen LogP contribution in [-0.4, -0.2) is 20.0 Å². The molecule has 4 rings (SSSR count). The average molecular weight is 344 g/mol. The molecule has 122 valence electrons. The minimum Gasteiger partial charge on any atom is -0.254 e. The van der Waals surface area contributed by atoms with Crippen LogP contribution in [0.15, 0.2) is 91.3 Å². The number of pyridine rings is 1. The van der Waals surface area contributed by atoms with Gasteiger partial charge in [0.25, 0.3) is 0 Å². The molecule has 0 spiro atoms. The lowest BCUT2D eigenvalue weighted by molar-refractivity contribution is 0.698. The zero-order valence-electron chi connectivity index (χ0n) is 13.6. The number of hydrogen-bond acceptors (Lipinski definition) is 3. The zero-order valence-corrected chi connectivity index (χ0v) is 14.5. The highest BCUT2D eigenvalue weighted by atomic mass is 31.1. The van der Waals surface area contributed by atoms with E-state index in [2.05, 4.69) is 76.0 Å². The third-order valence-electron chi connectivity index (χ3n) is 3.89. The van der Waals surface area contributed by atoms with E-state index in [9.17, 15) is 0 Å². The molecule has 5 heteroatoms. The molecule has 0 aliphatic carbocycles. The van der Waals surface area contributed by atoms with Crippen molar-refractivity contribution < 1.29 is 0 Å². The molecule has 4 aromatic rings. The molecule has 2 aromatic heterocycles. The molecular weight excluding hydrogens is 327 g/mol. The van der Waals surface area contributed by atoms with Crippen LogP contribution in [0.4, 0.5) is 0 Å². The molecule has 0 bridgehead atoms. The van der Waals surface area contributed by atoms with Gasteiger partial charge in [-0.15, -0.1) is 5.10 Å². The standard InChI is InChI=1S/C20H17N4P/c1-3-9-17(10-4-1)25(18-11-5-2-6-12-18)16-24-15-20(22-23-24)19-13-7-8-14-21-19/h1-15H,16H2. The zero-order chi connectivity index (χ0) is 16.9. The first kappa shape index (κ1) is 15.7. The third kappa shape index (κ3) is 3.65. The Kier molecular flexibility index (Phi) is 4.62. The number of benzene rings is 2. The summed E-state index contributed by atoms with van der Waals surface area (Å²) in [4.78, 5) is 4.35. The van der Waals surface area contributed by atoms with E-state index in [1.807, 2.05) is 29.1 Å². The van der Waals surface area contributed by atoms with Gasteiger partial charge in [0.2, 0.25) is 0 Å². The largest absolute Gasteiger partial charge is 0.254 e. The maximum absolute atomic E-state index is 4.35. The molecule has 0 aliphatic rings. The van der Waals surface area contributed by atoms with E-state index in [1.54, 1.807) is 6.20 Å². The molecule has 2 heterocycles. The van der Waals surface area contributed by atoms with Gasteiger partial charge >= 0.3 is 0 Å². The molecule has 25 heavy (non-hydrogen) atoms. The van der Waals surface area contributed by atoms with Crippen molar-refractivity contribution in [2.45, 2.75) is 6.29 Å². The predicted octanol–water partition coefficient (Wildman–Crippen LogP) is 3.43. The quantitative estimate of drug-likeness (QED) is 0.521. The summed E-state index contributed by atoms with van der Waals surface area (Å²) in [7, 11) is -0.543. The van der Waals surface area contributed by atoms with Gasteiger partial charge in [-0.1, -0.05) is 71.9 Å². The predicted molar refractivity (Wildman–Crippen MR) is 102 cm³/mol. The third-order valence-corrected chi connectivity index (χ3v) is 6.30. The fourth-order valence-corrected chi connectivity index (χ4v) is 4.79. The minimum atomic E-state index is -0.543. The first-order chi connectivity index (χ1) is 12.4. The van der Waals surface area contributed by atoms with Crippen molar-refractivity contribution in [3.05, 3.63) is 91.3 Å². The van der Waals surface area contributed by atoms with Crippen LogP contribution in [0.2, 0.25) is 0 Å². The topological polar surface area (TPSA) is 43.6 Å². The van der Waals surface area contributed by atoms with Gasteiger partial charge in [-0.3, -0.25) is 4.98 Å². The van der Waals surface area contributed by atoms with Gasteiger partial charge < -0.3 is 0 Å². The van der Waals surface area contributed by atoms with Crippen molar-refractivity contribution >= 4 is 18.5 Å². The Morgan fingerprint density at radius 1 is 0.720 bits per heavy atom. The van der Waals surface area contributed by atoms with Gasteiger partial charge in [0.1, 0.15) is 5.69 Å². The Morgan fingerprint density at radius 2 is 1.36 bits per heavy atom. The average Bonchev–Trinajstić information content (AvgIpc) is 3.17. The van der Waals surface area contributed by atoms with Crippen molar-refractivity contribution in [3.63, 3.8) is 0 Å². The Hall–Kier alpha value is -2.84. The number of nitrogens with zero attached hydrogens (tertiary/aromatic N) is 4. The molecule has 0 aliphatic heterocycles. The molecule has 0 atom stereocenters. The van der Waals surface area contributed by atoms with Crippen molar-refractivity contribution in [1.82, 2.24) is 20.0 Å². The van der Waals surface area contributed by atoms with E-state index in [1.165, 1.54) is 10.6 Å². The van der Waals surface area contributed by atoms with Crippen molar-refractivity contribution in [3.8, 4) is 11.4 Å². The summed E-state index contributed by atoms with van der Waals surface area (Å²) in [5.74, 6) is 0. The van der Waals surface area contributed by atoms with Crippen molar-refractivity contribution in [2.75, 3.05) is 0 Å². The molecule has 0 radical (unpaired) electrons. The Balaban J connectivity index is 1.65. The van der Waals surface area contributed by atoms with E-state index in [4.69, 9.17) is 0 Å². The Labute approximate surface area is 147 Å². The van der Waals surface area contributed by atoms with E-state index in [-0.39, 0.29) is 0 Å². The van der Waals surface area contributed by atoms with Gasteiger partial charge in [-0.25, -0.2) is 4.68 Å². The molecule has 0 amide bonds. The summed E-state index contributed by atoms with van der Waals surface area (Å²) in [5, 5.41) is 11.3. The summed E-state index contributed by atoms with van der Waals surface area (Å²) >= 11 is 0. The van der Waals surface area contributed by atoms with Gasteiger partial charge in [0, 0.05) is 6.20 Å². The normalized spacial score (nSPS) is 10.9. The molecule has 0 saturated heterocycles. The number of hydrogen-bond donors (Lipinski definition) is 0. The molecule has 0 saturated carbocycles. The Bertz CT molecular complexity index is 884. The lowest BCUT2D eigenvalue weighted by Gasteiger charge is -2.18. The second-order valence-electron chi connectivity index (χ2n) is 5.60. The number of rotatable bonds is 5. The first-order valence-corrected chi connectivity index (χ1v) is 9.62. The minimum absolute atomic E-state index is 0.543. The maximum Gasteiger partial charge on any atom is 0.131 e. The van der Waals surface area contributed by atoms with Crippen LogP contribution >= 0.6 is 7.92 Å². The molecule has 0 unspecified atom stereocenters. The van der Waals surface area contributed by atoms with E-state index < -0.39 is 7.92 Å². The highest BCUT2D eigenvalue weighted by Gasteiger charge is 2.15. The van der Waals surface area contributed by atoms with Gasteiger partial charge in [-0.05, 0) is 30.7 Å². The van der Waals surface area contributed by atoms with Crippen LogP contribution in [0, 0.1) is 0 Å². The van der Waals surface area contributed by atoms with Crippen LogP contribution in [0.3, 0.4) is 0 Å². The van der Waals surface area contributed by atoms with Gasteiger partial charge in [-0.2, -0.15) is 0 Å². The SMILES string of the molecule is c1ccc(P(Cn2cc(-c3ccccn3)nn2)c2ccccc2)cc1. The number of aromatic nitrogens is 4. The lowest BCUT2D eigenvalue weighted by atomic mass is 10.3. The highest BCUT2D eigenvalue weighted by molar-refractivity contribution is 7.72. The van der Waals surface area contributed by atoms with E-state index in [0.717, 1.165) is 17.7 Å². The van der Waals surface area contributed by atoms with Crippen LogP contribution in [0.5, 0.6) is 0 Å². The fraction of sp³-hybridized carbons (Fsp3) is 0.0500. The second-order valence-corrected chi connectivity index (χ2v) is 7.77. The fourth-order valence-electron chi connectivity index (χ4n) is 2.67. The highest BCUT2D eigenvalue weighted by Crippen LogP contribution is 2.35. The lowest BCUT2D eigenvalue weighted by Crippen LogP contribution is -2.15. The van der Waals surface area contributed by atoms with Gasteiger partial charge in [0.15, 0.2) is 0 Å². The molecule has 0 N–H and O–H groups in total. The molecule has 2 aromatic carbocycles. The first-order valence-electron chi connectivity index (χ1n) is 8.09. The second kappa shape index (κ2) is 7.37. The van der Waals surface area contributed by atoms with Crippen LogP contribution in [0.1, 0.15) is 0 Å².